The molecule has 1 aromatic carbocycles. The Labute approximate surface area is 118 Å². The molecule has 3 N–H and O–H groups in total. The quantitative estimate of drug-likeness (QED) is 0.844. The van der Waals surface area contributed by atoms with Crippen LogP contribution in [0.1, 0.15) is 34.7 Å². The minimum Gasteiger partial charge on any atom is -0.342 e. The van der Waals surface area contributed by atoms with Crippen LogP contribution in [0, 0.1) is 0 Å². The molecule has 0 bridgehead atoms. The van der Waals surface area contributed by atoms with Crippen molar-refractivity contribution in [2.75, 3.05) is 6.54 Å². The number of aryl methyl sites for hydroxylation is 1. The van der Waals surface area contributed by atoms with Crippen molar-refractivity contribution in [2.24, 2.45) is 12.8 Å². The predicted molar refractivity (Wildman–Crippen MR) is 76.1 cm³/mol. The third kappa shape index (κ3) is 3.03. The van der Waals surface area contributed by atoms with Crippen molar-refractivity contribution in [3.8, 4) is 0 Å². The number of hydrogen-bond acceptors (Lipinski definition) is 4. The number of aromatic nitrogens is 3. The summed E-state index contributed by atoms with van der Waals surface area (Å²) in [7, 11) is 1.85. The topological polar surface area (TPSA) is 85.8 Å². The summed E-state index contributed by atoms with van der Waals surface area (Å²) in [4.78, 5) is 12.3. The normalized spacial score (nSPS) is 12.2. The van der Waals surface area contributed by atoms with E-state index in [-0.39, 0.29) is 11.9 Å². The van der Waals surface area contributed by atoms with Crippen LogP contribution in [0.3, 0.4) is 0 Å². The van der Waals surface area contributed by atoms with Gasteiger partial charge < -0.3 is 15.6 Å². The average molecular weight is 273 g/mol. The number of benzene rings is 1. The van der Waals surface area contributed by atoms with Gasteiger partial charge in [-0.2, -0.15) is 0 Å². The number of nitrogens with zero attached hydrogens (tertiary/aromatic N) is 3. The third-order valence-electron chi connectivity index (χ3n) is 3.16. The maximum atomic E-state index is 12.3. The Kier molecular flexibility index (Phi) is 4.47. The highest BCUT2D eigenvalue weighted by Gasteiger charge is 2.17. The number of rotatable bonds is 5. The van der Waals surface area contributed by atoms with Crippen LogP contribution in [0.2, 0.25) is 0 Å². The lowest BCUT2D eigenvalue weighted by atomic mass is 10.0. The minimum absolute atomic E-state index is 0.121. The van der Waals surface area contributed by atoms with E-state index in [2.05, 4.69) is 15.5 Å². The third-order valence-corrected chi connectivity index (χ3v) is 3.16. The van der Waals surface area contributed by atoms with E-state index in [1.807, 2.05) is 38.2 Å². The maximum Gasteiger partial charge on any atom is 0.252 e. The summed E-state index contributed by atoms with van der Waals surface area (Å²) in [5, 5.41) is 10.7. The van der Waals surface area contributed by atoms with Crippen molar-refractivity contribution in [3.05, 3.63) is 47.5 Å². The molecule has 2 aromatic rings. The Morgan fingerprint density at radius 2 is 2.20 bits per heavy atom. The van der Waals surface area contributed by atoms with Gasteiger partial charge in [0, 0.05) is 12.6 Å². The van der Waals surface area contributed by atoms with Gasteiger partial charge in [-0.1, -0.05) is 18.2 Å². The molecule has 1 unspecified atom stereocenters. The van der Waals surface area contributed by atoms with E-state index in [0.717, 1.165) is 11.4 Å². The fraction of sp³-hybridized carbons (Fsp3) is 0.357. The van der Waals surface area contributed by atoms with E-state index >= 15 is 0 Å². The lowest BCUT2D eigenvalue weighted by molar-refractivity contribution is 0.0937. The van der Waals surface area contributed by atoms with E-state index in [1.165, 1.54) is 0 Å². The van der Waals surface area contributed by atoms with Crippen LogP contribution in [0.25, 0.3) is 0 Å². The SMILES string of the molecule is CC(NC(=O)c1ccccc1CCN)c1nncn1C. The molecule has 0 aliphatic carbocycles. The van der Waals surface area contributed by atoms with Gasteiger partial charge in [0.1, 0.15) is 6.33 Å². The first-order chi connectivity index (χ1) is 9.63. The molecule has 6 nitrogen and oxygen atoms in total. The van der Waals surface area contributed by atoms with E-state index in [0.29, 0.717) is 18.5 Å². The molecule has 6 heteroatoms. The first kappa shape index (κ1) is 14.2. The molecule has 0 aliphatic rings. The van der Waals surface area contributed by atoms with Crippen LogP contribution >= 0.6 is 0 Å². The first-order valence-electron chi connectivity index (χ1n) is 6.56. The van der Waals surface area contributed by atoms with Crippen molar-refractivity contribution < 1.29 is 4.79 Å². The van der Waals surface area contributed by atoms with Crippen LogP contribution in [-0.2, 0) is 13.5 Å². The number of nitrogens with two attached hydrogens (primary N) is 1. The van der Waals surface area contributed by atoms with Crippen LogP contribution < -0.4 is 11.1 Å². The Bertz CT molecular complexity index is 593. The Morgan fingerprint density at radius 3 is 2.85 bits per heavy atom. The molecule has 0 radical (unpaired) electrons. The van der Waals surface area contributed by atoms with E-state index < -0.39 is 0 Å². The lowest BCUT2D eigenvalue weighted by Crippen LogP contribution is -2.29. The summed E-state index contributed by atoms with van der Waals surface area (Å²) in [6.45, 7) is 2.40. The molecule has 106 valence electrons. The van der Waals surface area contributed by atoms with Crippen LogP contribution in [0.15, 0.2) is 30.6 Å². The molecule has 0 saturated carbocycles. The second-order valence-electron chi connectivity index (χ2n) is 4.69. The molecule has 0 aliphatic heterocycles. The molecule has 0 saturated heterocycles. The Hall–Kier alpha value is -2.21. The Morgan fingerprint density at radius 1 is 1.45 bits per heavy atom. The van der Waals surface area contributed by atoms with E-state index in [4.69, 9.17) is 5.73 Å². The number of carbonyl (C=O) groups is 1. The molecule has 1 atom stereocenters. The molecule has 20 heavy (non-hydrogen) atoms. The monoisotopic (exact) mass is 273 g/mol. The molecule has 0 spiro atoms. The lowest BCUT2D eigenvalue weighted by Gasteiger charge is -2.14. The number of hydrogen-bond donors (Lipinski definition) is 2. The van der Waals surface area contributed by atoms with Gasteiger partial charge in [-0.3, -0.25) is 4.79 Å². The highest BCUT2D eigenvalue weighted by Crippen LogP contribution is 2.13. The van der Waals surface area contributed by atoms with Crippen molar-refractivity contribution in [1.29, 1.82) is 0 Å². The van der Waals surface area contributed by atoms with Gasteiger partial charge in [0.15, 0.2) is 5.82 Å². The van der Waals surface area contributed by atoms with Gasteiger partial charge >= 0.3 is 0 Å². The average Bonchev–Trinajstić information content (AvgIpc) is 2.86. The highest BCUT2D eigenvalue weighted by atomic mass is 16.1. The van der Waals surface area contributed by atoms with Crippen molar-refractivity contribution in [1.82, 2.24) is 20.1 Å². The largest absolute Gasteiger partial charge is 0.342 e. The molecular weight excluding hydrogens is 254 g/mol. The zero-order valence-corrected chi connectivity index (χ0v) is 11.7. The van der Waals surface area contributed by atoms with Crippen LogP contribution in [-0.4, -0.2) is 27.2 Å². The summed E-state index contributed by atoms with van der Waals surface area (Å²) < 4.78 is 1.79. The van der Waals surface area contributed by atoms with Crippen molar-refractivity contribution in [3.63, 3.8) is 0 Å². The fourth-order valence-corrected chi connectivity index (χ4v) is 2.14. The fourth-order valence-electron chi connectivity index (χ4n) is 2.14. The molecule has 1 heterocycles. The predicted octanol–water partition coefficient (Wildman–Crippen LogP) is 0.807. The first-order valence-corrected chi connectivity index (χ1v) is 6.56. The zero-order valence-electron chi connectivity index (χ0n) is 11.7. The smallest absolute Gasteiger partial charge is 0.252 e. The minimum atomic E-state index is -0.207. The molecular formula is C14H19N5O. The van der Waals surface area contributed by atoms with Crippen LogP contribution in [0.4, 0.5) is 0 Å². The van der Waals surface area contributed by atoms with Crippen molar-refractivity contribution in [2.45, 2.75) is 19.4 Å². The van der Waals surface area contributed by atoms with Gasteiger partial charge in [0.2, 0.25) is 0 Å². The van der Waals surface area contributed by atoms with Gasteiger partial charge in [-0.05, 0) is 31.5 Å². The zero-order chi connectivity index (χ0) is 14.5. The van der Waals surface area contributed by atoms with Gasteiger partial charge in [0.05, 0.1) is 6.04 Å². The van der Waals surface area contributed by atoms with E-state index in [9.17, 15) is 4.79 Å². The summed E-state index contributed by atoms with van der Waals surface area (Å²) in [5.74, 6) is 0.596. The summed E-state index contributed by atoms with van der Waals surface area (Å²) in [6, 6.07) is 7.29. The molecule has 1 aromatic heterocycles. The number of carbonyl (C=O) groups excluding carboxylic acids is 1. The second kappa shape index (κ2) is 6.29. The molecule has 0 fully saturated rings. The number of nitrogens with one attached hydrogen (secondary N) is 1. The number of amides is 1. The molecule has 1 amide bonds. The summed E-state index contributed by atoms with van der Waals surface area (Å²) in [5.41, 5.74) is 7.19. The van der Waals surface area contributed by atoms with E-state index in [1.54, 1.807) is 10.9 Å². The van der Waals surface area contributed by atoms with Crippen LogP contribution in [0.5, 0.6) is 0 Å². The Balaban J connectivity index is 2.14. The maximum absolute atomic E-state index is 12.3. The second-order valence-corrected chi connectivity index (χ2v) is 4.69. The van der Waals surface area contributed by atoms with Gasteiger partial charge in [-0.15, -0.1) is 10.2 Å². The summed E-state index contributed by atoms with van der Waals surface area (Å²) >= 11 is 0. The molecule has 2 rings (SSSR count). The van der Waals surface area contributed by atoms with Crippen molar-refractivity contribution >= 4 is 5.91 Å². The highest BCUT2D eigenvalue weighted by molar-refractivity contribution is 5.95. The van der Waals surface area contributed by atoms with Gasteiger partial charge in [-0.25, -0.2) is 0 Å². The van der Waals surface area contributed by atoms with Gasteiger partial charge in [0.25, 0.3) is 5.91 Å². The standard InChI is InChI=1S/C14H19N5O/c1-10(13-18-16-9-19(13)2)17-14(20)12-6-4-3-5-11(12)7-8-15/h3-6,9-10H,7-8,15H2,1-2H3,(H,17,20). The summed E-state index contributed by atoms with van der Waals surface area (Å²) in [6.07, 6.45) is 2.29.